The number of nitrogens with two attached hydrogens (primary N) is 1. The molecule has 0 aliphatic heterocycles. The minimum absolute atomic E-state index is 0.0618. The third-order valence-corrected chi connectivity index (χ3v) is 3.10. The Labute approximate surface area is 122 Å². The first-order chi connectivity index (χ1) is 10.0. The lowest BCUT2D eigenvalue weighted by molar-refractivity contribution is -0.121. The second-order valence-electron chi connectivity index (χ2n) is 4.84. The van der Waals surface area contributed by atoms with Crippen molar-refractivity contribution in [2.45, 2.75) is 25.3 Å². The molecule has 0 bridgehead atoms. The van der Waals surface area contributed by atoms with E-state index in [0.717, 1.165) is 12.8 Å². The largest absolute Gasteiger partial charge is 0.493 e. The Bertz CT molecular complexity index is 555. The molecule has 0 radical (unpaired) electrons. The van der Waals surface area contributed by atoms with E-state index in [1.807, 2.05) is 0 Å². The van der Waals surface area contributed by atoms with E-state index in [1.165, 1.54) is 19.2 Å². The minimum atomic E-state index is -1.15. The first-order valence-electron chi connectivity index (χ1n) is 6.64. The molecule has 1 aromatic rings. The highest BCUT2D eigenvalue weighted by Gasteiger charge is 2.23. The van der Waals surface area contributed by atoms with E-state index in [-0.39, 0.29) is 35.9 Å². The van der Waals surface area contributed by atoms with Crippen LogP contribution in [-0.2, 0) is 4.79 Å². The van der Waals surface area contributed by atoms with Gasteiger partial charge in [-0.1, -0.05) is 0 Å². The zero-order valence-corrected chi connectivity index (χ0v) is 11.7. The number of anilines is 1. The molecule has 1 saturated carbocycles. The number of hydrogen-bond acceptors (Lipinski definition) is 5. The highest BCUT2D eigenvalue weighted by molar-refractivity contribution is 5.94. The quantitative estimate of drug-likeness (QED) is 0.648. The Balaban J connectivity index is 1.98. The number of carboxylic acids is 1. The van der Waals surface area contributed by atoms with E-state index in [0.29, 0.717) is 11.8 Å². The SMILES string of the molecule is COc1cc(N)c(C(=O)O)cc1OCCC(=O)NC1CC1. The molecular formula is C14H18N2O5. The van der Waals surface area contributed by atoms with Crippen LogP contribution in [-0.4, -0.2) is 36.7 Å². The van der Waals surface area contributed by atoms with Gasteiger partial charge in [-0.25, -0.2) is 4.79 Å². The molecule has 1 aliphatic carbocycles. The topological polar surface area (TPSA) is 111 Å². The summed E-state index contributed by atoms with van der Waals surface area (Å²) < 4.78 is 10.5. The van der Waals surface area contributed by atoms with Gasteiger partial charge in [0.05, 0.1) is 31.4 Å². The van der Waals surface area contributed by atoms with Crippen molar-refractivity contribution in [2.75, 3.05) is 19.5 Å². The predicted molar refractivity (Wildman–Crippen MR) is 75.6 cm³/mol. The van der Waals surface area contributed by atoms with Crippen molar-refractivity contribution >= 4 is 17.6 Å². The molecule has 0 atom stereocenters. The van der Waals surface area contributed by atoms with E-state index in [1.54, 1.807) is 0 Å². The molecule has 0 saturated heterocycles. The fraction of sp³-hybridized carbons (Fsp3) is 0.429. The Morgan fingerprint density at radius 1 is 1.38 bits per heavy atom. The van der Waals surface area contributed by atoms with Gasteiger partial charge in [0.15, 0.2) is 11.5 Å². The lowest BCUT2D eigenvalue weighted by atomic mass is 10.1. The standard InChI is InChI=1S/C14H18N2O5/c1-20-11-7-10(15)9(14(18)19)6-12(11)21-5-4-13(17)16-8-2-3-8/h6-8H,2-5,15H2,1H3,(H,16,17)(H,18,19). The van der Waals surface area contributed by atoms with Gasteiger partial charge < -0.3 is 25.6 Å². The lowest BCUT2D eigenvalue weighted by Gasteiger charge is -2.13. The van der Waals surface area contributed by atoms with Crippen molar-refractivity contribution in [3.05, 3.63) is 17.7 Å². The van der Waals surface area contributed by atoms with Crippen molar-refractivity contribution in [1.29, 1.82) is 0 Å². The van der Waals surface area contributed by atoms with Gasteiger partial charge >= 0.3 is 5.97 Å². The number of nitrogens with one attached hydrogen (secondary N) is 1. The van der Waals surface area contributed by atoms with Crippen molar-refractivity contribution in [1.82, 2.24) is 5.32 Å². The van der Waals surface area contributed by atoms with E-state index in [2.05, 4.69) is 5.32 Å². The second-order valence-corrected chi connectivity index (χ2v) is 4.84. The van der Waals surface area contributed by atoms with Crippen LogP contribution < -0.4 is 20.5 Å². The molecule has 1 fully saturated rings. The Morgan fingerprint density at radius 2 is 2.10 bits per heavy atom. The maximum atomic E-state index is 11.5. The van der Waals surface area contributed by atoms with Crippen LogP contribution in [0.1, 0.15) is 29.6 Å². The first-order valence-corrected chi connectivity index (χ1v) is 6.64. The summed E-state index contributed by atoms with van der Waals surface area (Å²) in [5, 5.41) is 11.9. The van der Waals surface area contributed by atoms with Crippen LogP contribution in [0.25, 0.3) is 0 Å². The average Bonchev–Trinajstić information content (AvgIpc) is 3.23. The molecule has 7 heteroatoms. The number of carbonyl (C=O) groups is 2. The summed E-state index contributed by atoms with van der Waals surface area (Å²) in [5.41, 5.74) is 5.66. The fourth-order valence-corrected chi connectivity index (χ4v) is 1.81. The number of methoxy groups -OCH3 is 1. The van der Waals surface area contributed by atoms with Crippen LogP contribution >= 0.6 is 0 Å². The van der Waals surface area contributed by atoms with Gasteiger partial charge in [-0.15, -0.1) is 0 Å². The van der Waals surface area contributed by atoms with Crippen LogP contribution in [0.3, 0.4) is 0 Å². The molecule has 0 aromatic heterocycles. The summed E-state index contributed by atoms with van der Waals surface area (Å²) in [4.78, 5) is 22.6. The van der Waals surface area contributed by atoms with E-state index in [4.69, 9.17) is 20.3 Å². The van der Waals surface area contributed by atoms with Crippen LogP contribution in [0.15, 0.2) is 12.1 Å². The van der Waals surface area contributed by atoms with Crippen molar-refractivity contribution < 1.29 is 24.2 Å². The number of carboxylic acid groups (broad SMARTS) is 1. The molecule has 0 unspecified atom stereocenters. The van der Waals surface area contributed by atoms with Gasteiger partial charge in [-0.2, -0.15) is 0 Å². The number of nitrogen functional groups attached to an aromatic ring is 1. The normalized spacial score (nSPS) is 13.6. The van der Waals surface area contributed by atoms with Gasteiger partial charge in [0.1, 0.15) is 0 Å². The summed E-state index contributed by atoms with van der Waals surface area (Å²) >= 11 is 0. The van der Waals surface area contributed by atoms with Crippen LogP contribution in [0.5, 0.6) is 11.5 Å². The summed E-state index contributed by atoms with van der Waals surface area (Å²) in [5.74, 6) is -0.639. The highest BCUT2D eigenvalue weighted by atomic mass is 16.5. The molecule has 4 N–H and O–H groups in total. The van der Waals surface area contributed by atoms with E-state index < -0.39 is 5.97 Å². The average molecular weight is 294 g/mol. The molecule has 0 heterocycles. The van der Waals surface area contributed by atoms with Crippen LogP contribution in [0.4, 0.5) is 5.69 Å². The van der Waals surface area contributed by atoms with Gasteiger partial charge in [0, 0.05) is 18.2 Å². The van der Waals surface area contributed by atoms with Gasteiger partial charge in [-0.3, -0.25) is 4.79 Å². The Kier molecular flexibility index (Phi) is 4.52. The van der Waals surface area contributed by atoms with E-state index in [9.17, 15) is 9.59 Å². The first kappa shape index (κ1) is 15.0. The molecule has 21 heavy (non-hydrogen) atoms. The number of benzene rings is 1. The molecule has 7 nitrogen and oxygen atoms in total. The zero-order valence-electron chi connectivity index (χ0n) is 11.7. The maximum absolute atomic E-state index is 11.5. The number of amides is 1. The van der Waals surface area contributed by atoms with E-state index >= 15 is 0 Å². The maximum Gasteiger partial charge on any atom is 0.337 e. The van der Waals surface area contributed by atoms with Crippen molar-refractivity contribution in [3.63, 3.8) is 0 Å². The Hall–Kier alpha value is -2.44. The van der Waals surface area contributed by atoms with Gasteiger partial charge in [-0.05, 0) is 12.8 Å². The van der Waals surface area contributed by atoms with Crippen LogP contribution in [0, 0.1) is 0 Å². The molecule has 1 aromatic carbocycles. The molecule has 1 amide bonds. The minimum Gasteiger partial charge on any atom is -0.493 e. The molecule has 1 aliphatic rings. The summed E-state index contributed by atoms with van der Waals surface area (Å²) in [6.45, 7) is 0.137. The molecule has 114 valence electrons. The number of hydrogen-bond donors (Lipinski definition) is 3. The number of ether oxygens (including phenoxy) is 2. The second kappa shape index (κ2) is 6.34. The van der Waals surface area contributed by atoms with Gasteiger partial charge in [0.2, 0.25) is 5.91 Å². The van der Waals surface area contributed by atoms with Crippen molar-refractivity contribution in [2.24, 2.45) is 0 Å². The van der Waals surface area contributed by atoms with Gasteiger partial charge in [0.25, 0.3) is 0 Å². The predicted octanol–water partition coefficient (Wildman–Crippen LogP) is 1.02. The smallest absolute Gasteiger partial charge is 0.337 e. The number of carbonyl (C=O) groups excluding carboxylic acids is 1. The third kappa shape index (κ3) is 4.01. The lowest BCUT2D eigenvalue weighted by Crippen LogP contribution is -2.26. The monoisotopic (exact) mass is 294 g/mol. The number of rotatable bonds is 7. The molecular weight excluding hydrogens is 276 g/mol. The summed E-state index contributed by atoms with van der Waals surface area (Å²) in [6, 6.07) is 3.00. The molecule has 0 spiro atoms. The zero-order chi connectivity index (χ0) is 15.4. The third-order valence-electron chi connectivity index (χ3n) is 3.10. The van der Waals surface area contributed by atoms with Crippen molar-refractivity contribution in [3.8, 4) is 11.5 Å². The summed E-state index contributed by atoms with van der Waals surface area (Å²) in [6.07, 6.45) is 2.26. The highest BCUT2D eigenvalue weighted by Crippen LogP contribution is 2.32. The summed E-state index contributed by atoms with van der Waals surface area (Å²) in [7, 11) is 1.43. The Morgan fingerprint density at radius 3 is 2.67 bits per heavy atom. The fourth-order valence-electron chi connectivity index (χ4n) is 1.81. The molecule has 2 rings (SSSR count). The van der Waals surface area contributed by atoms with Crippen LogP contribution in [0.2, 0.25) is 0 Å². The number of aromatic carboxylic acids is 1.